The van der Waals surface area contributed by atoms with Crippen molar-refractivity contribution in [3.05, 3.63) is 24.4 Å². The Morgan fingerprint density at radius 3 is 2.92 bits per heavy atom. The van der Waals surface area contributed by atoms with Crippen LogP contribution in [-0.2, 0) is 0 Å². The van der Waals surface area contributed by atoms with Gasteiger partial charge in [0.1, 0.15) is 11.6 Å². The van der Waals surface area contributed by atoms with E-state index < -0.39 is 0 Å². The molecule has 0 aliphatic heterocycles. The summed E-state index contributed by atoms with van der Waals surface area (Å²) in [5, 5.41) is 0. The molecule has 0 aliphatic rings. The van der Waals surface area contributed by atoms with Crippen LogP contribution < -0.4 is 10.5 Å². The van der Waals surface area contributed by atoms with Gasteiger partial charge in [0.25, 0.3) is 0 Å². The van der Waals surface area contributed by atoms with E-state index in [1.165, 1.54) is 0 Å². The summed E-state index contributed by atoms with van der Waals surface area (Å²) in [4.78, 5) is 8.27. The SMILES string of the molecule is COc1cnc2ccc(N)nc2c1. The van der Waals surface area contributed by atoms with E-state index in [4.69, 9.17) is 10.5 Å². The van der Waals surface area contributed by atoms with Gasteiger partial charge in [0.15, 0.2) is 0 Å². The first-order valence-corrected chi connectivity index (χ1v) is 3.86. The standard InChI is InChI=1S/C9H9N3O/c1-13-6-4-8-7(11-5-6)2-3-9(10)12-8/h2-5H,1H3,(H2,10,12). The van der Waals surface area contributed by atoms with Gasteiger partial charge >= 0.3 is 0 Å². The number of pyridine rings is 2. The van der Waals surface area contributed by atoms with Crippen molar-refractivity contribution in [2.75, 3.05) is 12.8 Å². The van der Waals surface area contributed by atoms with Crippen molar-refractivity contribution in [2.24, 2.45) is 0 Å². The largest absolute Gasteiger partial charge is 0.495 e. The molecule has 0 aliphatic carbocycles. The number of ether oxygens (including phenoxy) is 1. The normalized spacial score (nSPS) is 10.2. The molecule has 2 rings (SSSR count). The third kappa shape index (κ3) is 1.38. The van der Waals surface area contributed by atoms with Gasteiger partial charge in [-0.25, -0.2) is 4.98 Å². The second-order valence-corrected chi connectivity index (χ2v) is 2.65. The van der Waals surface area contributed by atoms with E-state index in [-0.39, 0.29) is 0 Å². The fourth-order valence-corrected chi connectivity index (χ4v) is 1.12. The zero-order valence-corrected chi connectivity index (χ0v) is 7.19. The molecule has 0 fully saturated rings. The Balaban J connectivity index is 2.68. The number of rotatable bonds is 1. The molecule has 2 aromatic heterocycles. The summed E-state index contributed by atoms with van der Waals surface area (Å²) in [6, 6.07) is 5.36. The molecule has 0 aromatic carbocycles. The molecule has 2 aromatic rings. The highest BCUT2D eigenvalue weighted by Gasteiger charge is 1.98. The van der Waals surface area contributed by atoms with E-state index in [1.54, 1.807) is 25.4 Å². The van der Waals surface area contributed by atoms with E-state index in [2.05, 4.69) is 9.97 Å². The molecule has 66 valence electrons. The molecule has 13 heavy (non-hydrogen) atoms. The van der Waals surface area contributed by atoms with Gasteiger partial charge in [-0.1, -0.05) is 0 Å². The van der Waals surface area contributed by atoms with Crippen molar-refractivity contribution >= 4 is 16.9 Å². The molecule has 0 saturated heterocycles. The maximum absolute atomic E-state index is 5.54. The summed E-state index contributed by atoms with van der Waals surface area (Å²) in [6.45, 7) is 0. The molecule has 0 saturated carbocycles. The van der Waals surface area contributed by atoms with Gasteiger partial charge < -0.3 is 10.5 Å². The van der Waals surface area contributed by atoms with E-state index in [0.29, 0.717) is 11.6 Å². The Bertz CT molecular complexity index is 442. The van der Waals surface area contributed by atoms with Crippen molar-refractivity contribution in [1.82, 2.24) is 9.97 Å². The van der Waals surface area contributed by atoms with Gasteiger partial charge in [-0.15, -0.1) is 0 Å². The average Bonchev–Trinajstić information content (AvgIpc) is 2.16. The number of nitrogen functional groups attached to an aromatic ring is 1. The van der Waals surface area contributed by atoms with Crippen LogP contribution in [0, 0.1) is 0 Å². The highest BCUT2D eigenvalue weighted by molar-refractivity contribution is 5.76. The summed E-state index contributed by atoms with van der Waals surface area (Å²) in [7, 11) is 1.59. The molecule has 4 nitrogen and oxygen atoms in total. The van der Waals surface area contributed by atoms with E-state index in [1.807, 2.05) is 6.07 Å². The second kappa shape index (κ2) is 2.90. The third-order valence-electron chi connectivity index (χ3n) is 1.77. The Labute approximate surface area is 75.4 Å². The fourth-order valence-electron chi connectivity index (χ4n) is 1.12. The molecular formula is C9H9N3O. The molecule has 2 N–H and O–H groups in total. The smallest absolute Gasteiger partial charge is 0.139 e. The summed E-state index contributed by atoms with van der Waals surface area (Å²) < 4.78 is 5.02. The van der Waals surface area contributed by atoms with E-state index >= 15 is 0 Å². The minimum atomic E-state index is 0.488. The van der Waals surface area contributed by atoms with Crippen LogP contribution in [0.15, 0.2) is 24.4 Å². The molecule has 0 atom stereocenters. The average molecular weight is 175 g/mol. The first-order valence-electron chi connectivity index (χ1n) is 3.86. The maximum Gasteiger partial charge on any atom is 0.139 e. The predicted molar refractivity (Wildman–Crippen MR) is 50.5 cm³/mol. The number of aromatic nitrogens is 2. The Hall–Kier alpha value is -1.84. The molecule has 0 spiro atoms. The van der Waals surface area contributed by atoms with Gasteiger partial charge in [0, 0.05) is 6.07 Å². The topological polar surface area (TPSA) is 61.0 Å². The minimum Gasteiger partial charge on any atom is -0.495 e. The molecule has 0 unspecified atom stereocenters. The third-order valence-corrected chi connectivity index (χ3v) is 1.77. The van der Waals surface area contributed by atoms with E-state index in [9.17, 15) is 0 Å². The lowest BCUT2D eigenvalue weighted by molar-refractivity contribution is 0.413. The zero-order chi connectivity index (χ0) is 9.26. The summed E-state index contributed by atoms with van der Waals surface area (Å²) >= 11 is 0. The summed E-state index contributed by atoms with van der Waals surface area (Å²) in [5.74, 6) is 1.17. The van der Waals surface area contributed by atoms with Crippen LogP contribution in [0.25, 0.3) is 11.0 Å². The molecule has 0 bridgehead atoms. The van der Waals surface area contributed by atoms with Crippen molar-refractivity contribution in [3.63, 3.8) is 0 Å². The quantitative estimate of drug-likeness (QED) is 0.707. The van der Waals surface area contributed by atoms with Crippen molar-refractivity contribution in [3.8, 4) is 5.75 Å². The summed E-state index contributed by atoms with van der Waals surface area (Å²) in [6.07, 6.45) is 1.65. The molecule has 0 amide bonds. The van der Waals surface area contributed by atoms with Gasteiger partial charge in [-0.2, -0.15) is 0 Å². The number of nitrogens with zero attached hydrogens (tertiary/aromatic N) is 2. The fraction of sp³-hybridized carbons (Fsp3) is 0.111. The first-order chi connectivity index (χ1) is 6.29. The van der Waals surface area contributed by atoms with Crippen molar-refractivity contribution in [1.29, 1.82) is 0 Å². The highest BCUT2D eigenvalue weighted by Crippen LogP contribution is 2.16. The van der Waals surface area contributed by atoms with E-state index in [0.717, 1.165) is 11.0 Å². The summed E-state index contributed by atoms with van der Waals surface area (Å²) in [5.41, 5.74) is 7.10. The van der Waals surface area contributed by atoms with Crippen LogP contribution in [0.2, 0.25) is 0 Å². The molecular weight excluding hydrogens is 166 g/mol. The number of methoxy groups -OCH3 is 1. The van der Waals surface area contributed by atoms with Crippen LogP contribution >= 0.6 is 0 Å². The van der Waals surface area contributed by atoms with Gasteiger partial charge in [-0.3, -0.25) is 4.98 Å². The van der Waals surface area contributed by atoms with Crippen LogP contribution in [0.5, 0.6) is 5.75 Å². The lowest BCUT2D eigenvalue weighted by atomic mass is 10.3. The molecule has 0 radical (unpaired) electrons. The molecule has 4 heteroatoms. The number of hydrogen-bond acceptors (Lipinski definition) is 4. The number of nitrogens with two attached hydrogens (primary N) is 1. The maximum atomic E-state index is 5.54. The predicted octanol–water partition coefficient (Wildman–Crippen LogP) is 1.22. The van der Waals surface area contributed by atoms with Crippen LogP contribution in [0.3, 0.4) is 0 Å². The van der Waals surface area contributed by atoms with Crippen molar-refractivity contribution < 1.29 is 4.74 Å². The Morgan fingerprint density at radius 1 is 1.31 bits per heavy atom. The monoisotopic (exact) mass is 175 g/mol. The first kappa shape index (κ1) is 7.79. The highest BCUT2D eigenvalue weighted by atomic mass is 16.5. The Kier molecular flexibility index (Phi) is 1.73. The minimum absolute atomic E-state index is 0.488. The number of fused-ring (bicyclic) bond motifs is 1. The van der Waals surface area contributed by atoms with Gasteiger partial charge in [0.2, 0.25) is 0 Å². The molecule has 2 heterocycles. The number of hydrogen-bond donors (Lipinski definition) is 1. The van der Waals surface area contributed by atoms with Crippen LogP contribution in [-0.4, -0.2) is 17.1 Å². The second-order valence-electron chi connectivity index (χ2n) is 2.65. The lowest BCUT2D eigenvalue weighted by Gasteiger charge is -2.01. The Morgan fingerprint density at radius 2 is 2.15 bits per heavy atom. The van der Waals surface area contributed by atoms with Crippen molar-refractivity contribution in [2.45, 2.75) is 0 Å². The van der Waals surface area contributed by atoms with Crippen LogP contribution in [0.4, 0.5) is 5.82 Å². The zero-order valence-electron chi connectivity index (χ0n) is 7.19. The number of anilines is 1. The van der Waals surface area contributed by atoms with Gasteiger partial charge in [0.05, 0.1) is 24.3 Å². The van der Waals surface area contributed by atoms with Gasteiger partial charge in [-0.05, 0) is 12.1 Å². The lowest BCUT2D eigenvalue weighted by Crippen LogP contribution is -1.92. The van der Waals surface area contributed by atoms with Crippen LogP contribution in [0.1, 0.15) is 0 Å².